The monoisotopic (exact) mass is 490 g/mol. The van der Waals surface area contributed by atoms with E-state index in [0.717, 1.165) is 12.3 Å². The lowest BCUT2D eigenvalue weighted by molar-refractivity contribution is -0.141. The number of aromatic nitrogens is 2. The Balaban J connectivity index is 1.48. The van der Waals surface area contributed by atoms with Gasteiger partial charge < -0.3 is 19.5 Å². The molecule has 0 aliphatic carbocycles. The highest BCUT2D eigenvalue weighted by molar-refractivity contribution is 5.95. The van der Waals surface area contributed by atoms with Gasteiger partial charge in [-0.05, 0) is 36.4 Å². The number of nitrogens with zero attached hydrogens (tertiary/aromatic N) is 4. The zero-order valence-electron chi connectivity index (χ0n) is 18.5. The van der Waals surface area contributed by atoms with Crippen molar-refractivity contribution in [3.8, 4) is 11.5 Å². The van der Waals surface area contributed by atoms with Crippen LogP contribution < -0.4 is 4.74 Å². The molecule has 35 heavy (non-hydrogen) atoms. The van der Waals surface area contributed by atoms with Crippen molar-refractivity contribution >= 4 is 22.9 Å². The van der Waals surface area contributed by atoms with Crippen LogP contribution in [0.3, 0.4) is 0 Å². The van der Waals surface area contributed by atoms with E-state index in [0.29, 0.717) is 16.7 Å². The quantitative estimate of drug-likeness (QED) is 0.579. The molecule has 0 saturated carbocycles. The number of carbonyl (C=O) groups is 2. The van der Waals surface area contributed by atoms with Crippen molar-refractivity contribution in [1.82, 2.24) is 19.8 Å². The third-order valence-electron chi connectivity index (χ3n) is 5.52. The Labute approximate surface area is 197 Å². The van der Waals surface area contributed by atoms with Crippen LogP contribution >= 0.6 is 0 Å². The molecule has 0 unspecified atom stereocenters. The van der Waals surface area contributed by atoms with Gasteiger partial charge >= 0.3 is 12.3 Å². The van der Waals surface area contributed by atoms with Crippen molar-refractivity contribution in [2.24, 2.45) is 0 Å². The number of benzene rings is 1. The summed E-state index contributed by atoms with van der Waals surface area (Å²) in [6, 6.07) is 9.65. The van der Waals surface area contributed by atoms with Crippen molar-refractivity contribution in [3.63, 3.8) is 0 Å². The summed E-state index contributed by atoms with van der Waals surface area (Å²) >= 11 is 0. The van der Waals surface area contributed by atoms with Gasteiger partial charge in [0.25, 0.3) is 5.91 Å². The third kappa shape index (κ3) is 5.43. The number of ether oxygens (including phenoxy) is 2. The predicted molar refractivity (Wildman–Crippen MR) is 117 cm³/mol. The normalized spacial score (nSPS) is 16.4. The zero-order valence-corrected chi connectivity index (χ0v) is 18.5. The lowest BCUT2D eigenvalue weighted by Gasteiger charge is -2.39. The lowest BCUT2D eigenvalue weighted by Crippen LogP contribution is -2.57. The van der Waals surface area contributed by atoms with Gasteiger partial charge in [-0.25, -0.2) is 14.8 Å². The van der Waals surface area contributed by atoms with E-state index in [9.17, 15) is 27.9 Å². The number of hydrogen-bond acceptors (Lipinski definition) is 6. The first-order valence-electron chi connectivity index (χ1n) is 10.6. The van der Waals surface area contributed by atoms with Gasteiger partial charge in [0, 0.05) is 32.1 Å². The van der Waals surface area contributed by atoms with Crippen LogP contribution in [0.5, 0.6) is 11.5 Å². The maximum Gasteiger partial charge on any atom is 0.433 e. The van der Waals surface area contributed by atoms with Gasteiger partial charge in [0.1, 0.15) is 22.9 Å². The van der Waals surface area contributed by atoms with E-state index in [-0.39, 0.29) is 43.6 Å². The molecule has 0 spiro atoms. The number of amides is 2. The zero-order chi connectivity index (χ0) is 25.2. The van der Waals surface area contributed by atoms with Crippen molar-refractivity contribution in [3.05, 3.63) is 60.0 Å². The summed E-state index contributed by atoms with van der Waals surface area (Å²) in [5, 5.41) is 10.0. The molecule has 0 radical (unpaired) electrons. The molecule has 1 aliphatic rings. The van der Waals surface area contributed by atoms with Crippen LogP contribution in [0.25, 0.3) is 10.9 Å². The largest absolute Gasteiger partial charge is 0.465 e. The second-order valence-electron chi connectivity index (χ2n) is 7.87. The van der Waals surface area contributed by atoms with Crippen molar-refractivity contribution in [2.75, 3.05) is 33.4 Å². The van der Waals surface area contributed by atoms with E-state index in [1.807, 2.05) is 0 Å². The molecule has 4 rings (SSSR count). The Morgan fingerprint density at radius 1 is 1.11 bits per heavy atom. The summed E-state index contributed by atoms with van der Waals surface area (Å²) in [5.41, 5.74) is -0.285. The number of fused-ring (bicyclic) bond motifs is 1. The van der Waals surface area contributed by atoms with Gasteiger partial charge in [0.2, 0.25) is 0 Å². The minimum Gasteiger partial charge on any atom is -0.465 e. The van der Waals surface area contributed by atoms with Crippen LogP contribution in [-0.4, -0.2) is 76.3 Å². The number of alkyl halides is 3. The molecule has 1 aromatic carbocycles. The molecule has 2 amide bonds. The summed E-state index contributed by atoms with van der Waals surface area (Å²) in [6.07, 6.45) is -4.60. The molecule has 1 aliphatic heterocycles. The standard InChI is InChI=1S/C23H21F3N4O5/c1-34-13-15-12-29(8-9-30(15)22(32)33)21(31)19-5-2-14-10-16(3-6-18(14)28-19)35-17-4-7-20(27-11-17)23(24,25)26/h2-7,10-11,15H,8-9,12-13H2,1H3,(H,32,33)/t15-/m1/s1. The lowest BCUT2D eigenvalue weighted by atomic mass is 10.1. The fraction of sp³-hybridized carbons (Fsp3) is 0.304. The van der Waals surface area contributed by atoms with Crippen LogP contribution in [0, 0.1) is 0 Å². The van der Waals surface area contributed by atoms with Gasteiger partial charge in [-0.2, -0.15) is 13.2 Å². The first-order valence-corrected chi connectivity index (χ1v) is 10.6. The summed E-state index contributed by atoms with van der Waals surface area (Å²) < 4.78 is 48.7. The summed E-state index contributed by atoms with van der Waals surface area (Å²) in [7, 11) is 1.47. The molecule has 2 aromatic heterocycles. The minimum absolute atomic E-state index is 0.142. The van der Waals surface area contributed by atoms with E-state index in [2.05, 4.69) is 9.97 Å². The number of hydrogen-bond donors (Lipinski definition) is 1. The molecule has 12 heteroatoms. The summed E-state index contributed by atoms with van der Waals surface area (Å²) in [4.78, 5) is 35.0. The number of carboxylic acid groups (broad SMARTS) is 1. The van der Waals surface area contributed by atoms with Crippen molar-refractivity contribution < 1.29 is 37.3 Å². The average Bonchev–Trinajstić information content (AvgIpc) is 2.83. The number of piperazine rings is 1. The maximum absolute atomic E-state index is 13.0. The molecule has 3 aromatic rings. The van der Waals surface area contributed by atoms with Crippen molar-refractivity contribution in [1.29, 1.82) is 0 Å². The molecular weight excluding hydrogens is 469 g/mol. The number of halogens is 3. The fourth-order valence-electron chi connectivity index (χ4n) is 3.82. The van der Waals surface area contributed by atoms with Crippen LogP contribution in [0.4, 0.5) is 18.0 Å². The Morgan fingerprint density at radius 3 is 2.54 bits per heavy atom. The van der Waals surface area contributed by atoms with Crippen LogP contribution in [0.1, 0.15) is 16.2 Å². The van der Waals surface area contributed by atoms with Crippen LogP contribution in [0.2, 0.25) is 0 Å². The highest BCUT2D eigenvalue weighted by Crippen LogP contribution is 2.30. The number of rotatable bonds is 5. The number of carbonyl (C=O) groups excluding carboxylic acids is 1. The Bertz CT molecular complexity index is 1240. The topological polar surface area (TPSA) is 105 Å². The highest BCUT2D eigenvalue weighted by atomic mass is 19.4. The van der Waals surface area contributed by atoms with Crippen LogP contribution in [-0.2, 0) is 10.9 Å². The molecule has 1 N–H and O–H groups in total. The molecular formula is C23H21F3N4O5. The third-order valence-corrected chi connectivity index (χ3v) is 5.52. The Morgan fingerprint density at radius 2 is 1.89 bits per heavy atom. The van der Waals surface area contributed by atoms with E-state index in [1.54, 1.807) is 35.2 Å². The molecule has 9 nitrogen and oxygen atoms in total. The van der Waals surface area contributed by atoms with E-state index < -0.39 is 24.0 Å². The Kier molecular flexibility index (Phi) is 6.74. The van der Waals surface area contributed by atoms with Crippen LogP contribution in [0.15, 0.2) is 48.7 Å². The van der Waals surface area contributed by atoms with E-state index in [4.69, 9.17) is 9.47 Å². The molecule has 1 atom stereocenters. The predicted octanol–water partition coefficient (Wildman–Crippen LogP) is 3.89. The fourth-order valence-corrected chi connectivity index (χ4v) is 3.82. The second-order valence-corrected chi connectivity index (χ2v) is 7.87. The van der Waals surface area contributed by atoms with Gasteiger partial charge in [0.15, 0.2) is 0 Å². The van der Waals surface area contributed by atoms with Gasteiger partial charge in [-0.3, -0.25) is 9.69 Å². The van der Waals surface area contributed by atoms with Gasteiger partial charge in [-0.1, -0.05) is 6.07 Å². The van der Waals surface area contributed by atoms with Crippen molar-refractivity contribution in [2.45, 2.75) is 12.2 Å². The number of pyridine rings is 2. The summed E-state index contributed by atoms with van der Waals surface area (Å²) in [6.45, 7) is 0.756. The molecule has 1 fully saturated rings. The molecule has 1 saturated heterocycles. The SMILES string of the molecule is COC[C@H]1CN(C(=O)c2ccc3cc(Oc4ccc(C(F)(F)F)nc4)ccc3n2)CCN1C(=O)O. The molecule has 3 heterocycles. The highest BCUT2D eigenvalue weighted by Gasteiger charge is 2.33. The maximum atomic E-state index is 13.0. The smallest absolute Gasteiger partial charge is 0.433 e. The first kappa shape index (κ1) is 24.2. The Hall–Kier alpha value is -3.93. The van der Waals surface area contributed by atoms with Gasteiger partial charge in [0.05, 0.1) is 24.4 Å². The van der Waals surface area contributed by atoms with E-state index >= 15 is 0 Å². The minimum atomic E-state index is -4.53. The number of methoxy groups -OCH3 is 1. The summed E-state index contributed by atoms with van der Waals surface area (Å²) in [5.74, 6) is 0.185. The second kappa shape index (κ2) is 9.74. The van der Waals surface area contributed by atoms with Gasteiger partial charge in [-0.15, -0.1) is 0 Å². The van der Waals surface area contributed by atoms with E-state index in [1.165, 1.54) is 18.1 Å². The molecule has 184 valence electrons. The molecule has 0 bridgehead atoms. The first-order chi connectivity index (χ1) is 16.7. The average molecular weight is 490 g/mol.